The van der Waals surface area contributed by atoms with Crippen molar-refractivity contribution in [3.8, 4) is 17.2 Å². The summed E-state index contributed by atoms with van der Waals surface area (Å²) < 4.78 is 17.0. The highest BCUT2D eigenvalue weighted by Crippen LogP contribution is 2.28. The van der Waals surface area contributed by atoms with E-state index in [0.29, 0.717) is 30.4 Å². The fourth-order valence-corrected chi connectivity index (χ4v) is 2.63. The summed E-state index contributed by atoms with van der Waals surface area (Å²) in [4.78, 5) is 12.4. The molecule has 0 saturated heterocycles. The Morgan fingerprint density at radius 3 is 2.38 bits per heavy atom. The Labute approximate surface area is 174 Å². The van der Waals surface area contributed by atoms with Crippen LogP contribution in [0.4, 0.5) is 0 Å². The number of amides is 1. The van der Waals surface area contributed by atoms with Crippen molar-refractivity contribution in [3.05, 3.63) is 53.6 Å². The highest BCUT2D eigenvalue weighted by Gasteiger charge is 2.10. The van der Waals surface area contributed by atoms with Crippen molar-refractivity contribution < 1.29 is 19.0 Å². The van der Waals surface area contributed by atoms with Gasteiger partial charge in [0.1, 0.15) is 5.75 Å². The molecule has 2 aromatic rings. The Morgan fingerprint density at radius 1 is 1.03 bits per heavy atom. The second-order valence-corrected chi connectivity index (χ2v) is 7.56. The minimum atomic E-state index is -0.128. The summed E-state index contributed by atoms with van der Waals surface area (Å²) in [6.45, 7) is 9.49. The van der Waals surface area contributed by atoms with Gasteiger partial charge >= 0.3 is 0 Å². The molecule has 0 aliphatic rings. The van der Waals surface area contributed by atoms with E-state index in [1.165, 1.54) is 0 Å². The molecule has 5 heteroatoms. The highest BCUT2D eigenvalue weighted by molar-refractivity contribution is 5.94. The number of ether oxygens (including phenoxy) is 3. The van der Waals surface area contributed by atoms with Crippen molar-refractivity contribution in [3.63, 3.8) is 0 Å². The first-order chi connectivity index (χ1) is 13.9. The van der Waals surface area contributed by atoms with Gasteiger partial charge in [-0.15, -0.1) is 0 Å². The van der Waals surface area contributed by atoms with Crippen molar-refractivity contribution >= 4 is 5.91 Å². The van der Waals surface area contributed by atoms with Crippen LogP contribution in [-0.4, -0.2) is 25.7 Å². The van der Waals surface area contributed by atoms with Gasteiger partial charge in [0, 0.05) is 12.1 Å². The quantitative estimate of drug-likeness (QED) is 0.562. The van der Waals surface area contributed by atoms with Crippen LogP contribution in [0.1, 0.15) is 56.5 Å². The Morgan fingerprint density at radius 2 is 1.76 bits per heavy atom. The largest absolute Gasteiger partial charge is 0.493 e. The molecule has 1 amide bonds. The van der Waals surface area contributed by atoms with Crippen molar-refractivity contribution in [2.24, 2.45) is 5.92 Å². The van der Waals surface area contributed by atoms with Crippen molar-refractivity contribution in [2.45, 2.75) is 53.2 Å². The smallest absolute Gasteiger partial charge is 0.251 e. The van der Waals surface area contributed by atoms with Crippen LogP contribution in [0.2, 0.25) is 0 Å². The van der Waals surface area contributed by atoms with E-state index in [2.05, 4.69) is 26.1 Å². The third-order valence-electron chi connectivity index (χ3n) is 4.66. The van der Waals surface area contributed by atoms with E-state index in [1.54, 1.807) is 19.2 Å². The van der Waals surface area contributed by atoms with Crippen LogP contribution in [0.15, 0.2) is 42.5 Å². The first-order valence-corrected chi connectivity index (χ1v) is 10.3. The Kier molecular flexibility index (Phi) is 8.84. The number of carbonyl (C=O) groups excluding carboxylic acids is 1. The van der Waals surface area contributed by atoms with E-state index in [9.17, 15) is 4.79 Å². The lowest BCUT2D eigenvalue weighted by molar-refractivity contribution is 0.0951. The van der Waals surface area contributed by atoms with Gasteiger partial charge in [-0.05, 0) is 67.6 Å². The third kappa shape index (κ3) is 7.33. The molecule has 0 heterocycles. The molecule has 1 atom stereocenters. The lowest BCUT2D eigenvalue weighted by Crippen LogP contribution is -2.22. The average Bonchev–Trinajstić information content (AvgIpc) is 2.72. The van der Waals surface area contributed by atoms with Crippen molar-refractivity contribution in [1.29, 1.82) is 0 Å². The summed E-state index contributed by atoms with van der Waals surface area (Å²) in [6.07, 6.45) is 2.08. The lowest BCUT2D eigenvalue weighted by atomic mass is 10.1. The molecule has 0 aliphatic heterocycles. The van der Waals surface area contributed by atoms with E-state index in [0.717, 1.165) is 29.9 Å². The first-order valence-electron chi connectivity index (χ1n) is 10.3. The monoisotopic (exact) mass is 399 g/mol. The predicted molar refractivity (Wildman–Crippen MR) is 116 cm³/mol. The number of hydrogen-bond donors (Lipinski definition) is 1. The lowest BCUT2D eigenvalue weighted by Gasteiger charge is -2.14. The summed E-state index contributed by atoms with van der Waals surface area (Å²) in [6, 6.07) is 12.9. The molecule has 158 valence electrons. The van der Waals surface area contributed by atoms with Gasteiger partial charge in [0.15, 0.2) is 11.5 Å². The molecular formula is C24H33NO4. The van der Waals surface area contributed by atoms with Gasteiger partial charge in [0.05, 0.1) is 19.8 Å². The minimum absolute atomic E-state index is 0.128. The maximum Gasteiger partial charge on any atom is 0.251 e. The van der Waals surface area contributed by atoms with E-state index >= 15 is 0 Å². The maximum atomic E-state index is 12.4. The van der Waals surface area contributed by atoms with Crippen LogP contribution in [0.3, 0.4) is 0 Å². The number of hydrogen-bond acceptors (Lipinski definition) is 4. The number of benzene rings is 2. The van der Waals surface area contributed by atoms with Gasteiger partial charge in [0.2, 0.25) is 0 Å². The number of carbonyl (C=O) groups is 1. The fourth-order valence-electron chi connectivity index (χ4n) is 2.63. The normalized spacial score (nSPS) is 11.8. The summed E-state index contributed by atoms with van der Waals surface area (Å²) in [5.74, 6) is 2.63. The molecule has 0 aromatic heterocycles. The van der Waals surface area contributed by atoms with Gasteiger partial charge in [-0.25, -0.2) is 0 Å². The zero-order valence-corrected chi connectivity index (χ0v) is 18.2. The molecule has 0 aliphatic carbocycles. The van der Waals surface area contributed by atoms with Crippen molar-refractivity contribution in [2.75, 3.05) is 13.7 Å². The van der Waals surface area contributed by atoms with Crippen LogP contribution in [0, 0.1) is 5.92 Å². The first kappa shape index (κ1) is 22.6. The maximum absolute atomic E-state index is 12.4. The topological polar surface area (TPSA) is 56.8 Å². The molecule has 5 nitrogen and oxygen atoms in total. The molecule has 0 spiro atoms. The van der Waals surface area contributed by atoms with Gasteiger partial charge < -0.3 is 19.5 Å². The van der Waals surface area contributed by atoms with Crippen LogP contribution >= 0.6 is 0 Å². The van der Waals surface area contributed by atoms with Gasteiger partial charge in [-0.2, -0.15) is 0 Å². The molecule has 2 aromatic carbocycles. The number of methoxy groups -OCH3 is 1. The molecular weight excluding hydrogens is 366 g/mol. The van der Waals surface area contributed by atoms with E-state index in [-0.39, 0.29) is 12.0 Å². The van der Waals surface area contributed by atoms with Crippen LogP contribution in [0.5, 0.6) is 17.2 Å². The minimum Gasteiger partial charge on any atom is -0.493 e. The molecule has 2 rings (SSSR count). The second kappa shape index (κ2) is 11.3. The predicted octanol–water partition coefficient (Wildman–Crippen LogP) is 5.23. The SMILES string of the molecule is CCC(C)Oc1ccc(C(=O)NCc2ccc(OCCC(C)C)c(OC)c2)cc1. The average molecular weight is 400 g/mol. The molecule has 0 fully saturated rings. The number of rotatable bonds is 11. The molecule has 0 radical (unpaired) electrons. The fraction of sp³-hybridized carbons (Fsp3) is 0.458. The summed E-state index contributed by atoms with van der Waals surface area (Å²) >= 11 is 0. The summed E-state index contributed by atoms with van der Waals surface area (Å²) in [5, 5.41) is 2.94. The van der Waals surface area contributed by atoms with Crippen LogP contribution in [-0.2, 0) is 6.54 Å². The van der Waals surface area contributed by atoms with Crippen LogP contribution < -0.4 is 19.5 Å². The zero-order valence-electron chi connectivity index (χ0n) is 18.2. The molecule has 1 N–H and O–H groups in total. The van der Waals surface area contributed by atoms with Gasteiger partial charge in [-0.3, -0.25) is 4.79 Å². The summed E-state index contributed by atoms with van der Waals surface area (Å²) in [7, 11) is 1.62. The van der Waals surface area contributed by atoms with E-state index in [1.807, 2.05) is 37.3 Å². The van der Waals surface area contributed by atoms with Crippen molar-refractivity contribution in [1.82, 2.24) is 5.32 Å². The van der Waals surface area contributed by atoms with Gasteiger partial charge in [0.25, 0.3) is 5.91 Å². The Hall–Kier alpha value is -2.69. The van der Waals surface area contributed by atoms with E-state index < -0.39 is 0 Å². The van der Waals surface area contributed by atoms with Gasteiger partial charge in [-0.1, -0.05) is 26.8 Å². The standard InChI is InChI=1S/C24H33NO4/c1-6-18(4)29-21-10-8-20(9-11-21)24(26)25-16-19-7-12-22(23(15-19)27-5)28-14-13-17(2)3/h7-12,15,17-18H,6,13-14,16H2,1-5H3,(H,25,26). The zero-order chi connectivity index (χ0) is 21.2. The third-order valence-corrected chi connectivity index (χ3v) is 4.66. The molecule has 0 saturated carbocycles. The Bertz CT molecular complexity index is 771. The molecule has 0 bridgehead atoms. The van der Waals surface area contributed by atoms with Crippen LogP contribution in [0.25, 0.3) is 0 Å². The molecule has 1 unspecified atom stereocenters. The van der Waals surface area contributed by atoms with E-state index in [4.69, 9.17) is 14.2 Å². The Balaban J connectivity index is 1.92. The molecule has 29 heavy (non-hydrogen) atoms. The number of nitrogens with one attached hydrogen (secondary N) is 1. The summed E-state index contributed by atoms with van der Waals surface area (Å²) in [5.41, 5.74) is 1.55. The highest BCUT2D eigenvalue weighted by atomic mass is 16.5. The second-order valence-electron chi connectivity index (χ2n) is 7.56.